The fraction of sp³-hybridized carbons (Fsp3) is 0.0833. The summed E-state index contributed by atoms with van der Waals surface area (Å²) >= 11 is 0. The number of ketones is 1. The van der Waals surface area contributed by atoms with E-state index in [9.17, 15) is 9.59 Å². The first-order chi connectivity index (χ1) is 13.5. The van der Waals surface area contributed by atoms with Crippen LogP contribution < -0.4 is 5.32 Å². The summed E-state index contributed by atoms with van der Waals surface area (Å²) in [6.07, 6.45) is 1.84. The van der Waals surface area contributed by atoms with Gasteiger partial charge in [-0.25, -0.2) is 0 Å². The second-order valence-corrected chi connectivity index (χ2v) is 6.92. The van der Waals surface area contributed by atoms with Crippen LogP contribution in [-0.2, 0) is 4.79 Å². The number of carbonyl (C=O) groups is 2. The molecule has 0 aliphatic carbocycles. The van der Waals surface area contributed by atoms with Crippen molar-refractivity contribution in [3.8, 4) is 11.1 Å². The fourth-order valence-corrected chi connectivity index (χ4v) is 3.29. The van der Waals surface area contributed by atoms with Crippen LogP contribution in [0.3, 0.4) is 0 Å². The van der Waals surface area contributed by atoms with E-state index in [1.165, 1.54) is 0 Å². The molecule has 1 N–H and O–H groups in total. The topological polar surface area (TPSA) is 50.6 Å². The Balaban J connectivity index is 1.78. The Morgan fingerprint density at radius 3 is 2.25 bits per heavy atom. The van der Waals surface area contributed by atoms with E-state index in [2.05, 4.69) is 5.32 Å². The molecule has 0 aliphatic rings. The Morgan fingerprint density at radius 2 is 1.54 bits per heavy atom. The molecule has 2 aromatic carbocycles. The van der Waals surface area contributed by atoms with E-state index < -0.39 is 11.7 Å². The molecule has 2 heterocycles. The Hall–Kier alpha value is -3.66. The molecular formula is C24H20N2O2. The van der Waals surface area contributed by atoms with Crippen molar-refractivity contribution in [2.75, 3.05) is 5.32 Å². The van der Waals surface area contributed by atoms with Crippen molar-refractivity contribution in [2.24, 2.45) is 0 Å². The summed E-state index contributed by atoms with van der Waals surface area (Å²) in [4.78, 5) is 25.9. The van der Waals surface area contributed by atoms with Crippen molar-refractivity contribution in [1.82, 2.24) is 4.40 Å². The number of amides is 1. The maximum Gasteiger partial charge on any atom is 0.298 e. The zero-order chi connectivity index (χ0) is 19.7. The summed E-state index contributed by atoms with van der Waals surface area (Å²) in [5.41, 5.74) is 5.67. The number of aromatic nitrogens is 1. The van der Waals surface area contributed by atoms with Crippen LogP contribution in [0.1, 0.15) is 21.6 Å². The predicted molar refractivity (Wildman–Crippen MR) is 112 cm³/mol. The van der Waals surface area contributed by atoms with Gasteiger partial charge in [0.1, 0.15) is 5.69 Å². The number of hydrogen-bond acceptors (Lipinski definition) is 2. The number of Topliss-reactive ketones (excluding diaryl/α,β-unsaturated/α-hetero) is 1. The van der Waals surface area contributed by atoms with E-state index in [1.54, 1.807) is 16.5 Å². The number of benzene rings is 2. The molecule has 0 aliphatic heterocycles. The van der Waals surface area contributed by atoms with Gasteiger partial charge in [-0.1, -0.05) is 48.0 Å². The van der Waals surface area contributed by atoms with Gasteiger partial charge in [0.2, 0.25) is 0 Å². The molecule has 0 saturated heterocycles. The smallest absolute Gasteiger partial charge is 0.298 e. The van der Waals surface area contributed by atoms with E-state index in [0.29, 0.717) is 11.4 Å². The predicted octanol–water partition coefficient (Wildman–Crippen LogP) is 5.04. The molecule has 0 atom stereocenters. The monoisotopic (exact) mass is 368 g/mol. The van der Waals surface area contributed by atoms with Crippen LogP contribution in [-0.4, -0.2) is 16.1 Å². The van der Waals surface area contributed by atoms with Crippen molar-refractivity contribution in [2.45, 2.75) is 13.8 Å². The number of nitrogens with one attached hydrogen (secondary N) is 1. The summed E-state index contributed by atoms with van der Waals surface area (Å²) in [6, 6.07) is 22.9. The number of nitrogens with zero attached hydrogens (tertiary/aromatic N) is 1. The summed E-state index contributed by atoms with van der Waals surface area (Å²) in [7, 11) is 0. The molecule has 28 heavy (non-hydrogen) atoms. The Bertz CT molecular complexity index is 1170. The molecule has 4 rings (SSSR count). The highest BCUT2D eigenvalue weighted by molar-refractivity contribution is 6.47. The van der Waals surface area contributed by atoms with Crippen LogP contribution in [0.5, 0.6) is 0 Å². The number of pyridine rings is 1. The summed E-state index contributed by atoms with van der Waals surface area (Å²) in [5.74, 6) is -1.22. The summed E-state index contributed by atoms with van der Waals surface area (Å²) in [6.45, 7) is 3.97. The van der Waals surface area contributed by atoms with Gasteiger partial charge in [-0.3, -0.25) is 9.59 Å². The van der Waals surface area contributed by atoms with Gasteiger partial charge >= 0.3 is 0 Å². The third-order valence-electron chi connectivity index (χ3n) is 4.74. The van der Waals surface area contributed by atoms with Crippen LogP contribution in [0.15, 0.2) is 79.0 Å². The standard InChI is InChI=1S/C24H20N2O2/c1-16-8-10-19(11-9-16)25-24(28)23(27)22-21(18-6-4-3-5-7-18)15-20-14-17(2)12-13-26(20)22/h3-15H,1-2H3,(H,25,28). The zero-order valence-corrected chi connectivity index (χ0v) is 15.8. The molecule has 0 unspecified atom stereocenters. The van der Waals surface area contributed by atoms with E-state index in [4.69, 9.17) is 0 Å². The summed E-state index contributed by atoms with van der Waals surface area (Å²) < 4.78 is 1.78. The minimum absolute atomic E-state index is 0.366. The first kappa shape index (κ1) is 17.7. The van der Waals surface area contributed by atoms with E-state index in [0.717, 1.165) is 27.8 Å². The van der Waals surface area contributed by atoms with Gasteiger partial charge in [-0.15, -0.1) is 0 Å². The summed E-state index contributed by atoms with van der Waals surface area (Å²) in [5, 5.41) is 2.71. The van der Waals surface area contributed by atoms with Gasteiger partial charge < -0.3 is 9.72 Å². The van der Waals surface area contributed by atoms with Crippen molar-refractivity contribution in [3.63, 3.8) is 0 Å². The number of rotatable bonds is 4. The average Bonchev–Trinajstić information content (AvgIpc) is 3.08. The number of anilines is 1. The van der Waals surface area contributed by atoms with Crippen molar-refractivity contribution in [3.05, 3.63) is 95.8 Å². The second kappa shape index (κ2) is 7.16. The molecule has 138 valence electrons. The average molecular weight is 368 g/mol. The van der Waals surface area contributed by atoms with Crippen LogP contribution in [0, 0.1) is 13.8 Å². The van der Waals surface area contributed by atoms with Crippen LogP contribution in [0.4, 0.5) is 5.69 Å². The van der Waals surface area contributed by atoms with E-state index in [1.807, 2.05) is 80.7 Å². The molecule has 4 heteroatoms. The third kappa shape index (κ3) is 3.32. The lowest BCUT2D eigenvalue weighted by Crippen LogP contribution is -2.24. The van der Waals surface area contributed by atoms with Gasteiger partial charge in [0.05, 0.1) is 0 Å². The molecule has 0 radical (unpaired) electrons. The Morgan fingerprint density at radius 1 is 0.821 bits per heavy atom. The molecule has 1 amide bonds. The van der Waals surface area contributed by atoms with Crippen molar-refractivity contribution in [1.29, 1.82) is 0 Å². The van der Waals surface area contributed by atoms with Crippen LogP contribution >= 0.6 is 0 Å². The van der Waals surface area contributed by atoms with E-state index in [-0.39, 0.29) is 0 Å². The Kier molecular flexibility index (Phi) is 4.53. The van der Waals surface area contributed by atoms with Gasteiger partial charge in [0.15, 0.2) is 0 Å². The van der Waals surface area contributed by atoms with Crippen molar-refractivity contribution >= 4 is 22.9 Å². The van der Waals surface area contributed by atoms with Gasteiger partial charge in [0, 0.05) is 23.0 Å². The van der Waals surface area contributed by atoms with Crippen LogP contribution in [0.25, 0.3) is 16.6 Å². The molecule has 2 aromatic heterocycles. The number of fused-ring (bicyclic) bond motifs is 1. The molecule has 4 nitrogen and oxygen atoms in total. The lowest BCUT2D eigenvalue weighted by atomic mass is 10.0. The number of hydrogen-bond donors (Lipinski definition) is 1. The second-order valence-electron chi connectivity index (χ2n) is 6.92. The molecule has 4 aromatic rings. The Labute approximate surface area is 163 Å². The molecule has 0 spiro atoms. The normalized spacial score (nSPS) is 10.8. The minimum atomic E-state index is -0.651. The van der Waals surface area contributed by atoms with Gasteiger partial charge in [-0.2, -0.15) is 0 Å². The van der Waals surface area contributed by atoms with Gasteiger partial charge in [0.25, 0.3) is 11.7 Å². The molecular weight excluding hydrogens is 348 g/mol. The highest BCUT2D eigenvalue weighted by Crippen LogP contribution is 2.29. The van der Waals surface area contributed by atoms with Crippen molar-refractivity contribution < 1.29 is 9.59 Å². The number of carbonyl (C=O) groups excluding carboxylic acids is 2. The molecule has 0 bridgehead atoms. The first-order valence-corrected chi connectivity index (χ1v) is 9.12. The highest BCUT2D eigenvalue weighted by Gasteiger charge is 2.24. The quantitative estimate of drug-likeness (QED) is 0.405. The number of aryl methyl sites for hydroxylation is 2. The highest BCUT2D eigenvalue weighted by atomic mass is 16.2. The largest absolute Gasteiger partial charge is 0.319 e. The van der Waals surface area contributed by atoms with Crippen LogP contribution in [0.2, 0.25) is 0 Å². The maximum atomic E-state index is 13.1. The molecule has 0 fully saturated rings. The third-order valence-corrected chi connectivity index (χ3v) is 4.74. The maximum absolute atomic E-state index is 13.1. The lowest BCUT2D eigenvalue weighted by molar-refractivity contribution is -0.112. The van der Waals surface area contributed by atoms with E-state index >= 15 is 0 Å². The van der Waals surface area contributed by atoms with Gasteiger partial charge in [-0.05, 0) is 55.3 Å². The SMILES string of the molecule is Cc1ccc(NC(=O)C(=O)c2c(-c3ccccc3)cc3cc(C)ccn23)cc1. The molecule has 0 saturated carbocycles. The zero-order valence-electron chi connectivity index (χ0n) is 15.8. The minimum Gasteiger partial charge on any atom is -0.319 e. The fourth-order valence-electron chi connectivity index (χ4n) is 3.29. The first-order valence-electron chi connectivity index (χ1n) is 9.12. The lowest BCUT2D eigenvalue weighted by Gasteiger charge is -2.08.